The molecule has 0 N–H and O–H groups in total. The van der Waals surface area contributed by atoms with Gasteiger partial charge < -0.3 is 0 Å². The molecule has 0 atom stereocenters. The number of halogens is 2. The van der Waals surface area contributed by atoms with Crippen LogP contribution in [0.25, 0.3) is 0 Å². The fraction of sp³-hybridized carbons (Fsp3) is 0.214. The highest BCUT2D eigenvalue weighted by molar-refractivity contribution is 7.11. The molecule has 94 valence electrons. The van der Waals surface area contributed by atoms with Gasteiger partial charge in [0.05, 0.1) is 6.42 Å². The Morgan fingerprint density at radius 2 is 1.83 bits per heavy atom. The van der Waals surface area contributed by atoms with E-state index in [1.165, 1.54) is 23.5 Å². The molecule has 0 aliphatic heterocycles. The zero-order chi connectivity index (χ0) is 13.2. The first-order valence-electron chi connectivity index (χ1n) is 5.52. The van der Waals surface area contributed by atoms with Gasteiger partial charge in [0.2, 0.25) is 5.78 Å². The van der Waals surface area contributed by atoms with Crippen LogP contribution >= 0.6 is 11.3 Å². The maximum atomic E-state index is 13.9. The lowest BCUT2D eigenvalue weighted by atomic mass is 10.0. The number of thiophene rings is 1. The monoisotopic (exact) mass is 266 g/mol. The van der Waals surface area contributed by atoms with Crippen molar-refractivity contribution in [2.75, 3.05) is 0 Å². The summed E-state index contributed by atoms with van der Waals surface area (Å²) in [6.07, 6.45) is -0.529. The van der Waals surface area contributed by atoms with Gasteiger partial charge in [-0.2, -0.15) is 8.78 Å². The molecule has 0 fully saturated rings. The highest BCUT2D eigenvalue weighted by Crippen LogP contribution is 2.28. The minimum absolute atomic E-state index is 0.0516. The summed E-state index contributed by atoms with van der Waals surface area (Å²) in [5, 5.41) is 0. The fourth-order valence-corrected chi connectivity index (χ4v) is 2.62. The first-order chi connectivity index (χ1) is 8.49. The average molecular weight is 266 g/mol. The summed E-state index contributed by atoms with van der Waals surface area (Å²) >= 11 is 1.29. The number of carbonyl (C=O) groups is 1. The van der Waals surface area contributed by atoms with Gasteiger partial charge in [-0.05, 0) is 19.1 Å². The van der Waals surface area contributed by atoms with Gasteiger partial charge in [0.15, 0.2) is 0 Å². The van der Waals surface area contributed by atoms with Crippen LogP contribution in [0.2, 0.25) is 0 Å². The van der Waals surface area contributed by atoms with Crippen molar-refractivity contribution in [1.82, 2.24) is 0 Å². The van der Waals surface area contributed by atoms with Crippen molar-refractivity contribution in [3.8, 4) is 0 Å². The number of Topliss-reactive ketones (excluding diaryl/α,β-unsaturated/α-hetero) is 1. The van der Waals surface area contributed by atoms with E-state index in [0.29, 0.717) is 4.88 Å². The number of rotatable bonds is 4. The molecule has 18 heavy (non-hydrogen) atoms. The molecule has 0 unspecified atom stereocenters. The van der Waals surface area contributed by atoms with Crippen LogP contribution < -0.4 is 0 Å². The first-order valence-corrected chi connectivity index (χ1v) is 6.34. The van der Waals surface area contributed by atoms with Crippen LogP contribution in [0.1, 0.15) is 20.1 Å². The van der Waals surface area contributed by atoms with Gasteiger partial charge in [-0.15, -0.1) is 11.3 Å². The molecule has 2 aromatic rings. The third-order valence-electron chi connectivity index (χ3n) is 2.56. The Labute approximate surface area is 108 Å². The Morgan fingerprint density at radius 3 is 2.39 bits per heavy atom. The number of hydrogen-bond donors (Lipinski definition) is 0. The Kier molecular flexibility index (Phi) is 3.57. The predicted octanol–water partition coefficient (Wildman–Crippen LogP) is 4.12. The van der Waals surface area contributed by atoms with Crippen molar-refractivity contribution in [3.63, 3.8) is 0 Å². The predicted molar refractivity (Wildman–Crippen MR) is 68.5 cm³/mol. The molecule has 1 aromatic heterocycles. The molecule has 0 aliphatic carbocycles. The quantitative estimate of drug-likeness (QED) is 0.761. The summed E-state index contributed by atoms with van der Waals surface area (Å²) in [5.74, 6) is -4.47. The van der Waals surface area contributed by atoms with Gasteiger partial charge in [-0.1, -0.05) is 30.3 Å². The number of carbonyl (C=O) groups excluding carboxylic acids is 1. The highest BCUT2D eigenvalue weighted by atomic mass is 32.1. The summed E-state index contributed by atoms with van der Waals surface area (Å²) in [6.45, 7) is 1.85. The molecule has 4 heteroatoms. The van der Waals surface area contributed by atoms with Crippen molar-refractivity contribution in [1.29, 1.82) is 0 Å². The molecule has 0 saturated carbocycles. The minimum Gasteiger partial charge on any atom is -0.287 e. The summed E-state index contributed by atoms with van der Waals surface area (Å²) in [5.41, 5.74) is 0.0516. The molecular weight excluding hydrogens is 254 g/mol. The average Bonchev–Trinajstić information content (AvgIpc) is 2.74. The maximum absolute atomic E-state index is 13.9. The van der Waals surface area contributed by atoms with Crippen LogP contribution in [0.4, 0.5) is 8.78 Å². The molecule has 0 amide bonds. The van der Waals surface area contributed by atoms with Crippen LogP contribution in [-0.2, 0) is 6.42 Å². The van der Waals surface area contributed by atoms with E-state index in [-0.39, 0.29) is 5.56 Å². The zero-order valence-electron chi connectivity index (χ0n) is 9.82. The van der Waals surface area contributed by atoms with Gasteiger partial charge in [0.25, 0.3) is 0 Å². The Bertz CT molecular complexity index is 546. The number of benzene rings is 1. The molecule has 0 aliphatic rings. The lowest BCUT2D eigenvalue weighted by Gasteiger charge is -2.13. The van der Waals surface area contributed by atoms with E-state index in [2.05, 4.69) is 0 Å². The van der Waals surface area contributed by atoms with Crippen molar-refractivity contribution in [3.05, 3.63) is 57.8 Å². The highest BCUT2D eigenvalue weighted by Gasteiger charge is 2.39. The van der Waals surface area contributed by atoms with Crippen molar-refractivity contribution in [2.45, 2.75) is 19.3 Å². The van der Waals surface area contributed by atoms with E-state index in [9.17, 15) is 13.6 Å². The normalized spacial score (nSPS) is 11.5. The Balaban J connectivity index is 2.18. The van der Waals surface area contributed by atoms with Gasteiger partial charge in [-0.25, -0.2) is 0 Å². The standard InChI is InChI=1S/C14H12F2OS/c1-10-7-8-12(18-10)9-14(15,16)13(17)11-5-3-2-4-6-11/h2-8H,9H2,1H3. The third-order valence-corrected chi connectivity index (χ3v) is 3.56. The van der Waals surface area contributed by atoms with Crippen LogP contribution in [0.5, 0.6) is 0 Å². The van der Waals surface area contributed by atoms with E-state index < -0.39 is 18.1 Å². The Morgan fingerprint density at radius 1 is 1.17 bits per heavy atom. The lowest BCUT2D eigenvalue weighted by Crippen LogP contribution is -2.30. The van der Waals surface area contributed by atoms with E-state index in [4.69, 9.17) is 0 Å². The fourth-order valence-electron chi connectivity index (χ4n) is 1.68. The van der Waals surface area contributed by atoms with Crippen LogP contribution in [0.15, 0.2) is 42.5 Å². The second-order valence-corrected chi connectivity index (χ2v) is 5.46. The zero-order valence-corrected chi connectivity index (χ0v) is 10.6. The van der Waals surface area contributed by atoms with E-state index in [1.54, 1.807) is 30.3 Å². The number of alkyl halides is 2. The summed E-state index contributed by atoms with van der Waals surface area (Å²) in [4.78, 5) is 13.2. The molecular formula is C14H12F2OS. The molecule has 1 heterocycles. The summed E-state index contributed by atoms with van der Waals surface area (Å²) in [6, 6.07) is 11.1. The Hall–Kier alpha value is -1.55. The minimum atomic E-state index is -3.35. The number of aryl methyl sites for hydroxylation is 1. The number of hydrogen-bond acceptors (Lipinski definition) is 2. The third kappa shape index (κ3) is 2.82. The summed E-state index contributed by atoms with van der Waals surface area (Å²) in [7, 11) is 0. The molecule has 0 radical (unpaired) electrons. The van der Waals surface area contributed by atoms with E-state index >= 15 is 0 Å². The molecule has 2 rings (SSSR count). The summed E-state index contributed by atoms with van der Waals surface area (Å²) < 4.78 is 27.7. The maximum Gasteiger partial charge on any atom is 0.314 e. The molecule has 1 aromatic carbocycles. The first kappa shape index (κ1) is 12.9. The smallest absolute Gasteiger partial charge is 0.287 e. The van der Waals surface area contributed by atoms with Gasteiger partial charge >= 0.3 is 5.92 Å². The molecule has 0 spiro atoms. The van der Waals surface area contributed by atoms with Crippen LogP contribution in [0.3, 0.4) is 0 Å². The van der Waals surface area contributed by atoms with Crippen molar-refractivity contribution >= 4 is 17.1 Å². The van der Waals surface area contributed by atoms with E-state index in [1.807, 2.05) is 6.92 Å². The van der Waals surface area contributed by atoms with E-state index in [0.717, 1.165) is 4.88 Å². The second-order valence-electron chi connectivity index (χ2n) is 4.09. The number of ketones is 1. The van der Waals surface area contributed by atoms with Crippen LogP contribution in [0, 0.1) is 6.92 Å². The van der Waals surface area contributed by atoms with Crippen LogP contribution in [-0.4, -0.2) is 11.7 Å². The topological polar surface area (TPSA) is 17.1 Å². The second kappa shape index (κ2) is 4.98. The van der Waals surface area contributed by atoms with Gasteiger partial charge in [0, 0.05) is 15.3 Å². The largest absolute Gasteiger partial charge is 0.314 e. The molecule has 0 bridgehead atoms. The SMILES string of the molecule is Cc1ccc(CC(F)(F)C(=O)c2ccccc2)s1. The molecule has 1 nitrogen and oxygen atoms in total. The van der Waals surface area contributed by atoms with Crippen molar-refractivity contribution < 1.29 is 13.6 Å². The van der Waals surface area contributed by atoms with Gasteiger partial charge in [0.1, 0.15) is 0 Å². The molecule has 0 saturated heterocycles. The lowest BCUT2D eigenvalue weighted by molar-refractivity contribution is 0.0111. The van der Waals surface area contributed by atoms with Gasteiger partial charge in [-0.3, -0.25) is 4.79 Å². The van der Waals surface area contributed by atoms with Crippen molar-refractivity contribution in [2.24, 2.45) is 0 Å².